The van der Waals surface area contributed by atoms with E-state index in [0.29, 0.717) is 0 Å². The fourth-order valence-corrected chi connectivity index (χ4v) is 4.14. The lowest BCUT2D eigenvalue weighted by Gasteiger charge is -2.32. The van der Waals surface area contributed by atoms with Gasteiger partial charge in [-0.1, -0.05) is 23.7 Å². The molecule has 1 atom stereocenters. The molecule has 124 valence electrons. The van der Waals surface area contributed by atoms with E-state index in [4.69, 9.17) is 11.6 Å². The van der Waals surface area contributed by atoms with Gasteiger partial charge in [0.15, 0.2) is 6.04 Å². The third kappa shape index (κ3) is 3.70. The van der Waals surface area contributed by atoms with Crippen molar-refractivity contribution in [1.29, 1.82) is 0 Å². The van der Waals surface area contributed by atoms with Crippen LogP contribution < -0.4 is 4.90 Å². The number of nitrogens with zero attached hydrogens (tertiary/aromatic N) is 4. The lowest BCUT2D eigenvalue weighted by Crippen LogP contribution is -3.14. The smallest absolute Gasteiger partial charge is 0.214 e. The molecular weight excluding hydrogens is 330 g/mol. The molecule has 3 rings (SSSR count). The summed E-state index contributed by atoms with van der Waals surface area (Å²) < 4.78 is 1.96. The molecule has 1 N–H and O–H groups in total. The van der Waals surface area contributed by atoms with Crippen LogP contribution in [0.15, 0.2) is 24.3 Å². The van der Waals surface area contributed by atoms with Gasteiger partial charge in [0.25, 0.3) is 0 Å². The third-order valence-corrected chi connectivity index (χ3v) is 5.37. The minimum atomic E-state index is -0.145. The Hall–Kier alpha value is -1.11. The summed E-state index contributed by atoms with van der Waals surface area (Å²) in [6, 6.07) is 8.25. The maximum Gasteiger partial charge on any atom is 0.214 e. The minimum Gasteiger partial charge on any atom is -0.321 e. The molecule has 0 aliphatic carbocycles. The minimum absolute atomic E-state index is 0.141. The number of rotatable bonds is 3. The van der Waals surface area contributed by atoms with Crippen molar-refractivity contribution in [3.8, 4) is 0 Å². The van der Waals surface area contributed by atoms with E-state index >= 15 is 0 Å². The van der Waals surface area contributed by atoms with Crippen molar-refractivity contribution in [2.45, 2.75) is 32.4 Å². The number of aromatic nitrogens is 4. The molecule has 1 fully saturated rings. The maximum atomic E-state index is 6.08. The van der Waals surface area contributed by atoms with Crippen molar-refractivity contribution < 1.29 is 4.90 Å². The van der Waals surface area contributed by atoms with Gasteiger partial charge in [-0.05, 0) is 43.3 Å². The van der Waals surface area contributed by atoms with E-state index in [9.17, 15) is 0 Å². The van der Waals surface area contributed by atoms with Crippen LogP contribution >= 0.6 is 23.4 Å². The van der Waals surface area contributed by atoms with Gasteiger partial charge < -0.3 is 4.90 Å². The van der Waals surface area contributed by atoms with Gasteiger partial charge in [0.1, 0.15) is 0 Å². The highest BCUT2D eigenvalue weighted by Gasteiger charge is 2.35. The first-order valence-corrected chi connectivity index (χ1v) is 9.46. The third-order valence-electron chi connectivity index (χ3n) is 4.13. The SMILES string of the molecule is CC(C)(C)n1nnnc1[C@H](c1ccc(Cl)cc1)[NH+]1CCSCC1. The van der Waals surface area contributed by atoms with Crippen molar-refractivity contribution in [3.05, 3.63) is 40.7 Å². The molecule has 1 saturated heterocycles. The number of halogens is 1. The molecule has 2 heterocycles. The zero-order chi connectivity index (χ0) is 16.4. The normalized spacial score (nSPS) is 18.1. The van der Waals surface area contributed by atoms with Gasteiger partial charge in [-0.15, -0.1) is 5.10 Å². The quantitative estimate of drug-likeness (QED) is 0.915. The van der Waals surface area contributed by atoms with Gasteiger partial charge in [0.05, 0.1) is 18.6 Å². The predicted octanol–water partition coefficient (Wildman–Crippen LogP) is 1.80. The summed E-state index contributed by atoms with van der Waals surface area (Å²) in [6.45, 7) is 8.64. The highest BCUT2D eigenvalue weighted by Crippen LogP contribution is 2.23. The number of nitrogens with one attached hydrogen (secondary N) is 1. The Bertz CT molecular complexity index is 643. The van der Waals surface area contributed by atoms with Crippen LogP contribution in [-0.4, -0.2) is 44.8 Å². The Morgan fingerprint density at radius 1 is 1.17 bits per heavy atom. The largest absolute Gasteiger partial charge is 0.321 e. The fraction of sp³-hybridized carbons (Fsp3) is 0.562. The first-order valence-electron chi connectivity index (χ1n) is 7.93. The lowest BCUT2D eigenvalue weighted by atomic mass is 10.0. The molecule has 0 unspecified atom stereocenters. The molecule has 1 aliphatic heterocycles. The van der Waals surface area contributed by atoms with Gasteiger partial charge in [0, 0.05) is 22.1 Å². The number of quaternary nitrogens is 1. The van der Waals surface area contributed by atoms with E-state index < -0.39 is 0 Å². The number of benzene rings is 1. The zero-order valence-corrected chi connectivity index (χ0v) is 15.4. The highest BCUT2D eigenvalue weighted by molar-refractivity contribution is 7.99. The predicted molar refractivity (Wildman–Crippen MR) is 94.1 cm³/mol. The topological polar surface area (TPSA) is 48.0 Å². The standard InChI is InChI=1S/C16H22ClN5S/c1-16(2,3)22-15(18-19-20-22)14(21-8-10-23-11-9-21)12-4-6-13(17)7-5-12/h4-7,14H,8-11H2,1-3H3/p+1/t14-/m0/s1. The highest BCUT2D eigenvalue weighted by atomic mass is 35.5. The molecule has 1 aromatic heterocycles. The summed E-state index contributed by atoms with van der Waals surface area (Å²) in [7, 11) is 0. The second kappa shape index (κ2) is 6.79. The Balaban J connectivity index is 2.05. The second-order valence-corrected chi connectivity index (χ2v) is 8.54. The molecule has 1 aliphatic rings. The molecule has 2 aromatic rings. The van der Waals surface area contributed by atoms with Crippen LogP contribution in [0.2, 0.25) is 5.02 Å². The summed E-state index contributed by atoms with van der Waals surface area (Å²) in [4.78, 5) is 1.52. The van der Waals surface area contributed by atoms with E-state index in [2.05, 4.69) is 48.4 Å². The first-order chi connectivity index (χ1) is 11.0. The lowest BCUT2D eigenvalue weighted by molar-refractivity contribution is -0.922. The second-order valence-electron chi connectivity index (χ2n) is 6.87. The molecule has 0 radical (unpaired) electrons. The molecule has 1 aromatic carbocycles. The van der Waals surface area contributed by atoms with Gasteiger partial charge >= 0.3 is 0 Å². The Kier molecular flexibility index (Phi) is 4.94. The van der Waals surface area contributed by atoms with E-state index in [-0.39, 0.29) is 11.6 Å². The monoisotopic (exact) mass is 352 g/mol. The van der Waals surface area contributed by atoms with Gasteiger partial charge in [-0.3, -0.25) is 0 Å². The molecule has 0 amide bonds. The number of tetrazole rings is 1. The van der Waals surface area contributed by atoms with E-state index in [1.165, 1.54) is 22.0 Å². The van der Waals surface area contributed by atoms with Crippen molar-refractivity contribution in [3.63, 3.8) is 0 Å². The molecular formula is C16H23ClN5S+. The Labute approximate surface area is 146 Å². The van der Waals surface area contributed by atoms with E-state index in [1.807, 2.05) is 28.6 Å². The maximum absolute atomic E-state index is 6.08. The Morgan fingerprint density at radius 2 is 1.83 bits per heavy atom. The molecule has 23 heavy (non-hydrogen) atoms. The zero-order valence-electron chi connectivity index (χ0n) is 13.8. The Morgan fingerprint density at radius 3 is 2.43 bits per heavy atom. The molecule has 0 saturated carbocycles. The summed E-state index contributed by atoms with van der Waals surface area (Å²) in [5, 5.41) is 13.4. The molecule has 0 bridgehead atoms. The van der Waals surface area contributed by atoms with Gasteiger partial charge in [0.2, 0.25) is 5.82 Å². The summed E-state index contributed by atoms with van der Waals surface area (Å²) in [6.07, 6.45) is 0. The number of thioether (sulfide) groups is 1. The van der Waals surface area contributed by atoms with Gasteiger partial charge in [-0.2, -0.15) is 11.8 Å². The molecule has 0 spiro atoms. The first kappa shape index (κ1) is 16.7. The average molecular weight is 353 g/mol. The molecule has 5 nitrogen and oxygen atoms in total. The summed E-state index contributed by atoms with van der Waals surface area (Å²) >= 11 is 8.10. The van der Waals surface area contributed by atoms with E-state index in [0.717, 1.165) is 23.9 Å². The van der Waals surface area contributed by atoms with Crippen LogP contribution in [0.4, 0.5) is 0 Å². The van der Waals surface area contributed by atoms with Crippen LogP contribution in [-0.2, 0) is 5.54 Å². The van der Waals surface area contributed by atoms with Crippen molar-refractivity contribution in [2.24, 2.45) is 0 Å². The van der Waals surface area contributed by atoms with Crippen LogP contribution in [0.1, 0.15) is 38.2 Å². The van der Waals surface area contributed by atoms with Gasteiger partial charge in [-0.25, -0.2) is 4.68 Å². The van der Waals surface area contributed by atoms with Crippen molar-refractivity contribution in [1.82, 2.24) is 20.2 Å². The van der Waals surface area contributed by atoms with E-state index in [1.54, 1.807) is 0 Å². The van der Waals surface area contributed by atoms with Crippen LogP contribution in [0.3, 0.4) is 0 Å². The van der Waals surface area contributed by atoms with Crippen LogP contribution in [0, 0.1) is 0 Å². The van der Waals surface area contributed by atoms with Crippen molar-refractivity contribution >= 4 is 23.4 Å². The number of hydrogen-bond donors (Lipinski definition) is 1. The summed E-state index contributed by atoms with van der Waals surface area (Å²) in [5.41, 5.74) is 1.07. The fourth-order valence-electron chi connectivity index (χ4n) is 3.00. The molecule has 7 heteroatoms. The van der Waals surface area contributed by atoms with Crippen molar-refractivity contribution in [2.75, 3.05) is 24.6 Å². The van der Waals surface area contributed by atoms with Crippen LogP contribution in [0.25, 0.3) is 0 Å². The number of hydrogen-bond acceptors (Lipinski definition) is 4. The summed E-state index contributed by atoms with van der Waals surface area (Å²) in [5.74, 6) is 3.29. The average Bonchev–Trinajstić information content (AvgIpc) is 3.00. The van der Waals surface area contributed by atoms with Crippen LogP contribution in [0.5, 0.6) is 0 Å².